The maximum atomic E-state index is 12.0. The van der Waals surface area contributed by atoms with Gasteiger partial charge in [-0.3, -0.25) is 4.79 Å². The summed E-state index contributed by atoms with van der Waals surface area (Å²) in [6.45, 7) is 4.53. The van der Waals surface area contributed by atoms with Crippen LogP contribution in [0.2, 0.25) is 0 Å². The molecule has 1 aliphatic carbocycles. The number of aryl methyl sites for hydroxylation is 1. The fraction of sp³-hybridized carbons (Fsp3) is 0.450. The number of carbonyl (C=O) groups excluding carboxylic acids is 1. The third-order valence-corrected chi connectivity index (χ3v) is 4.73. The molecule has 0 saturated heterocycles. The highest BCUT2D eigenvalue weighted by Crippen LogP contribution is 2.38. The van der Waals surface area contributed by atoms with Crippen molar-refractivity contribution in [1.29, 1.82) is 0 Å². The van der Waals surface area contributed by atoms with Crippen molar-refractivity contribution < 1.29 is 13.8 Å². The minimum atomic E-state index is -0.132. The molecular formula is C20H23N5O3. The van der Waals surface area contributed by atoms with Crippen molar-refractivity contribution in [3.8, 4) is 11.4 Å². The molecule has 8 nitrogen and oxygen atoms in total. The van der Waals surface area contributed by atoms with E-state index in [1.165, 1.54) is 5.56 Å². The van der Waals surface area contributed by atoms with Crippen LogP contribution in [0.5, 0.6) is 0 Å². The van der Waals surface area contributed by atoms with Crippen LogP contribution in [0.4, 0.5) is 0 Å². The quantitative estimate of drug-likeness (QED) is 0.637. The molecule has 0 atom stereocenters. The lowest BCUT2D eigenvalue weighted by atomic mass is 10.0. The van der Waals surface area contributed by atoms with E-state index in [0.717, 1.165) is 24.2 Å². The van der Waals surface area contributed by atoms with Crippen LogP contribution in [0.3, 0.4) is 0 Å². The lowest BCUT2D eigenvalue weighted by molar-refractivity contribution is -0.121. The van der Waals surface area contributed by atoms with E-state index in [2.05, 4.69) is 51.6 Å². The minimum Gasteiger partial charge on any atom is -0.347 e. The largest absolute Gasteiger partial charge is 0.347 e. The average molecular weight is 381 g/mol. The molecule has 28 heavy (non-hydrogen) atoms. The van der Waals surface area contributed by atoms with Crippen LogP contribution in [0.15, 0.2) is 33.3 Å². The van der Waals surface area contributed by atoms with Crippen LogP contribution in [-0.4, -0.2) is 26.2 Å². The molecule has 0 spiro atoms. The molecule has 1 N–H and O–H groups in total. The molecular weight excluding hydrogens is 358 g/mol. The van der Waals surface area contributed by atoms with Gasteiger partial charge < -0.3 is 14.4 Å². The number of nitrogens with one attached hydrogen (secondary N) is 1. The minimum absolute atomic E-state index is 0.132. The van der Waals surface area contributed by atoms with Gasteiger partial charge in [-0.25, -0.2) is 0 Å². The highest BCUT2D eigenvalue weighted by molar-refractivity contribution is 5.75. The lowest BCUT2D eigenvalue weighted by Crippen LogP contribution is -2.23. The van der Waals surface area contributed by atoms with Gasteiger partial charge in [0.25, 0.3) is 0 Å². The fourth-order valence-electron chi connectivity index (χ4n) is 2.82. The number of aromatic nitrogens is 4. The highest BCUT2D eigenvalue weighted by Gasteiger charge is 2.28. The Bertz CT molecular complexity index is 941. The molecule has 2 heterocycles. The molecule has 1 aliphatic rings. The zero-order valence-corrected chi connectivity index (χ0v) is 16.0. The number of nitrogens with zero attached hydrogens (tertiary/aromatic N) is 4. The van der Waals surface area contributed by atoms with E-state index in [4.69, 9.17) is 9.05 Å². The van der Waals surface area contributed by atoms with Gasteiger partial charge in [0.15, 0.2) is 5.82 Å². The summed E-state index contributed by atoms with van der Waals surface area (Å²) in [5.74, 6) is 2.91. The van der Waals surface area contributed by atoms with Crippen LogP contribution in [0.1, 0.15) is 68.1 Å². The van der Waals surface area contributed by atoms with Gasteiger partial charge in [0.2, 0.25) is 23.5 Å². The molecule has 1 aromatic carbocycles. The third-order valence-electron chi connectivity index (χ3n) is 4.73. The van der Waals surface area contributed by atoms with E-state index in [9.17, 15) is 4.79 Å². The molecule has 1 fully saturated rings. The molecule has 0 bridgehead atoms. The first kappa shape index (κ1) is 18.3. The first-order valence-corrected chi connectivity index (χ1v) is 9.60. The molecule has 8 heteroatoms. The summed E-state index contributed by atoms with van der Waals surface area (Å²) in [6.07, 6.45) is 2.84. The van der Waals surface area contributed by atoms with Crippen molar-refractivity contribution in [1.82, 2.24) is 25.6 Å². The molecule has 0 radical (unpaired) electrons. The van der Waals surface area contributed by atoms with Crippen molar-refractivity contribution in [3.63, 3.8) is 0 Å². The van der Waals surface area contributed by atoms with Gasteiger partial charge >= 0.3 is 0 Å². The highest BCUT2D eigenvalue weighted by atomic mass is 16.5. The number of rotatable bonds is 8. The van der Waals surface area contributed by atoms with Crippen molar-refractivity contribution in [3.05, 3.63) is 47.4 Å². The predicted molar refractivity (Wildman–Crippen MR) is 100 cm³/mol. The summed E-state index contributed by atoms with van der Waals surface area (Å²) in [5, 5.41) is 10.7. The number of amides is 1. The fourth-order valence-corrected chi connectivity index (χ4v) is 2.82. The first-order chi connectivity index (χ1) is 13.6. The Kier molecular flexibility index (Phi) is 5.18. The van der Waals surface area contributed by atoms with Crippen LogP contribution in [0, 0.1) is 0 Å². The van der Waals surface area contributed by atoms with Crippen molar-refractivity contribution >= 4 is 5.91 Å². The molecule has 1 amide bonds. The summed E-state index contributed by atoms with van der Waals surface area (Å²) in [4.78, 5) is 20.7. The Morgan fingerprint density at radius 1 is 1.11 bits per heavy atom. The van der Waals surface area contributed by atoms with E-state index < -0.39 is 0 Å². The molecule has 0 unspecified atom stereocenters. The number of hydrogen-bond acceptors (Lipinski definition) is 7. The second-order valence-corrected chi connectivity index (χ2v) is 7.39. The predicted octanol–water partition coefficient (Wildman–Crippen LogP) is 3.37. The lowest BCUT2D eigenvalue weighted by Gasteiger charge is -2.04. The van der Waals surface area contributed by atoms with E-state index in [1.807, 2.05) is 12.1 Å². The van der Waals surface area contributed by atoms with Gasteiger partial charge in [-0.2, -0.15) is 9.97 Å². The van der Waals surface area contributed by atoms with E-state index in [0.29, 0.717) is 35.9 Å². The molecule has 0 aliphatic heterocycles. The van der Waals surface area contributed by atoms with Gasteiger partial charge in [0.05, 0.1) is 6.54 Å². The van der Waals surface area contributed by atoms with E-state index >= 15 is 0 Å². The van der Waals surface area contributed by atoms with Gasteiger partial charge in [0, 0.05) is 24.3 Å². The van der Waals surface area contributed by atoms with Crippen molar-refractivity contribution in [2.75, 3.05) is 0 Å². The van der Waals surface area contributed by atoms with Crippen molar-refractivity contribution in [2.24, 2.45) is 0 Å². The van der Waals surface area contributed by atoms with Crippen molar-refractivity contribution in [2.45, 2.75) is 57.9 Å². The molecule has 3 aromatic rings. The number of hydrogen-bond donors (Lipinski definition) is 1. The zero-order valence-electron chi connectivity index (χ0n) is 16.0. The molecule has 1 saturated carbocycles. The third kappa shape index (κ3) is 4.44. The Hall–Kier alpha value is -3.03. The van der Waals surface area contributed by atoms with Gasteiger partial charge in [-0.15, -0.1) is 0 Å². The zero-order chi connectivity index (χ0) is 19.5. The summed E-state index contributed by atoms with van der Waals surface area (Å²) in [7, 11) is 0. The van der Waals surface area contributed by atoms with Crippen LogP contribution < -0.4 is 5.32 Å². The average Bonchev–Trinajstić information content (AvgIpc) is 3.26. The molecule has 146 valence electrons. The van der Waals surface area contributed by atoms with Gasteiger partial charge in [-0.1, -0.05) is 48.4 Å². The monoisotopic (exact) mass is 381 g/mol. The maximum absolute atomic E-state index is 12.0. The van der Waals surface area contributed by atoms with Gasteiger partial charge in [0.1, 0.15) is 0 Å². The van der Waals surface area contributed by atoms with E-state index in [-0.39, 0.29) is 18.9 Å². The topological polar surface area (TPSA) is 107 Å². The van der Waals surface area contributed by atoms with E-state index in [1.54, 1.807) is 0 Å². The summed E-state index contributed by atoms with van der Waals surface area (Å²) in [6, 6.07) is 8.10. The van der Waals surface area contributed by atoms with Crippen LogP contribution in [-0.2, 0) is 17.8 Å². The Morgan fingerprint density at radius 2 is 1.86 bits per heavy atom. The summed E-state index contributed by atoms with van der Waals surface area (Å²) >= 11 is 0. The summed E-state index contributed by atoms with van der Waals surface area (Å²) in [5.41, 5.74) is 2.15. The standard InChI is InChI=1S/C20H23N5O3/c1-12(2)13-3-5-14(6-4-13)19-22-17(27-24-19)10-9-16(26)21-11-18-23-20(25-28-18)15-7-8-15/h3-6,12,15H,7-11H2,1-2H3,(H,21,26). The van der Waals surface area contributed by atoms with Crippen LogP contribution in [0.25, 0.3) is 11.4 Å². The summed E-state index contributed by atoms with van der Waals surface area (Å²) < 4.78 is 10.4. The number of carbonyl (C=O) groups is 1. The second kappa shape index (κ2) is 7.92. The van der Waals surface area contributed by atoms with Crippen LogP contribution >= 0.6 is 0 Å². The molecule has 4 rings (SSSR count). The Morgan fingerprint density at radius 3 is 2.57 bits per heavy atom. The second-order valence-electron chi connectivity index (χ2n) is 7.39. The Labute approximate surface area is 162 Å². The maximum Gasteiger partial charge on any atom is 0.246 e. The Balaban J connectivity index is 1.25. The smallest absolute Gasteiger partial charge is 0.246 e. The number of benzene rings is 1. The van der Waals surface area contributed by atoms with Gasteiger partial charge in [-0.05, 0) is 24.3 Å². The SMILES string of the molecule is CC(C)c1ccc(-c2noc(CCC(=O)NCc3nc(C4CC4)no3)n2)cc1. The molecule has 2 aromatic heterocycles. The first-order valence-electron chi connectivity index (χ1n) is 9.60. The normalized spacial score (nSPS) is 13.8.